The molecule has 0 bridgehead atoms. The quantitative estimate of drug-likeness (QED) is 0.774. The summed E-state index contributed by atoms with van der Waals surface area (Å²) in [5, 5.41) is 1.14. The van der Waals surface area contributed by atoms with Crippen molar-refractivity contribution in [3.63, 3.8) is 0 Å². The minimum absolute atomic E-state index is 0.415. The molecule has 0 fully saturated rings. The van der Waals surface area contributed by atoms with Crippen molar-refractivity contribution < 1.29 is 8.83 Å². The van der Waals surface area contributed by atoms with Crippen molar-refractivity contribution in [1.29, 1.82) is 0 Å². The van der Waals surface area contributed by atoms with E-state index in [0.717, 1.165) is 41.1 Å². The molecular weight excluding hydrogens is 252 g/mol. The molecule has 0 atom stereocenters. The van der Waals surface area contributed by atoms with E-state index in [2.05, 4.69) is 18.0 Å². The van der Waals surface area contributed by atoms with Crippen molar-refractivity contribution in [1.82, 2.24) is 4.90 Å². The zero-order chi connectivity index (χ0) is 13.9. The maximum atomic E-state index is 5.81. The molecule has 1 aromatic carbocycles. The third-order valence-electron chi connectivity index (χ3n) is 3.40. The van der Waals surface area contributed by atoms with Gasteiger partial charge in [0.25, 0.3) is 0 Å². The highest BCUT2D eigenvalue weighted by molar-refractivity contribution is 5.82. The first-order chi connectivity index (χ1) is 9.78. The number of para-hydroxylation sites is 1. The molecule has 2 heterocycles. The minimum atomic E-state index is 0.415. The van der Waals surface area contributed by atoms with E-state index in [1.807, 2.05) is 30.3 Å². The van der Waals surface area contributed by atoms with Crippen molar-refractivity contribution >= 4 is 11.0 Å². The first kappa shape index (κ1) is 13.0. The molecule has 20 heavy (non-hydrogen) atoms. The molecule has 104 valence electrons. The van der Waals surface area contributed by atoms with Crippen molar-refractivity contribution in [3.8, 4) is 0 Å². The molecule has 0 aliphatic carbocycles. The molecular formula is C16H18N2O2. The summed E-state index contributed by atoms with van der Waals surface area (Å²) in [5.74, 6) is 1.81. The lowest BCUT2D eigenvalue weighted by molar-refractivity contribution is 0.286. The van der Waals surface area contributed by atoms with E-state index in [-0.39, 0.29) is 0 Å². The van der Waals surface area contributed by atoms with Crippen LogP contribution in [0.3, 0.4) is 0 Å². The number of rotatable bonds is 5. The molecule has 0 aliphatic heterocycles. The lowest BCUT2D eigenvalue weighted by Gasteiger charge is -2.15. The molecule has 0 spiro atoms. The molecule has 0 radical (unpaired) electrons. The summed E-state index contributed by atoms with van der Waals surface area (Å²) in [7, 11) is 2.06. The van der Waals surface area contributed by atoms with Gasteiger partial charge in [0.15, 0.2) is 0 Å². The van der Waals surface area contributed by atoms with Gasteiger partial charge in [-0.25, -0.2) is 0 Å². The van der Waals surface area contributed by atoms with Crippen molar-refractivity contribution in [2.24, 2.45) is 5.73 Å². The number of fused-ring (bicyclic) bond motifs is 1. The van der Waals surface area contributed by atoms with Crippen LogP contribution >= 0.6 is 0 Å². The number of hydrogen-bond donors (Lipinski definition) is 1. The molecule has 4 heteroatoms. The molecule has 0 saturated heterocycles. The van der Waals surface area contributed by atoms with Crippen molar-refractivity contribution in [3.05, 3.63) is 59.7 Å². The smallest absolute Gasteiger partial charge is 0.134 e. The summed E-state index contributed by atoms with van der Waals surface area (Å²) in [5.41, 5.74) is 7.86. The Morgan fingerprint density at radius 1 is 1.10 bits per heavy atom. The summed E-state index contributed by atoms with van der Waals surface area (Å²) >= 11 is 0. The molecule has 0 aliphatic rings. The number of furan rings is 2. The van der Waals surface area contributed by atoms with Gasteiger partial charge in [0.05, 0.1) is 19.4 Å². The van der Waals surface area contributed by atoms with Gasteiger partial charge in [-0.05, 0) is 25.2 Å². The summed E-state index contributed by atoms with van der Waals surface area (Å²) < 4.78 is 11.2. The Kier molecular flexibility index (Phi) is 3.58. The Hall–Kier alpha value is -2.04. The molecule has 0 amide bonds. The van der Waals surface area contributed by atoms with Crippen LogP contribution in [0.1, 0.15) is 17.1 Å². The molecule has 0 unspecified atom stereocenters. The molecule has 2 N–H and O–H groups in total. The van der Waals surface area contributed by atoms with Gasteiger partial charge in [-0.1, -0.05) is 18.2 Å². The van der Waals surface area contributed by atoms with Crippen LogP contribution in [0.5, 0.6) is 0 Å². The van der Waals surface area contributed by atoms with Crippen molar-refractivity contribution in [2.75, 3.05) is 7.05 Å². The highest BCUT2D eigenvalue weighted by atomic mass is 16.3. The van der Waals surface area contributed by atoms with E-state index < -0.39 is 0 Å². The molecule has 3 rings (SSSR count). The van der Waals surface area contributed by atoms with E-state index in [9.17, 15) is 0 Å². The third kappa shape index (κ3) is 2.48. The van der Waals surface area contributed by atoms with Crippen LogP contribution in [0.4, 0.5) is 0 Å². The SMILES string of the molecule is CN(Cc1ccco1)Cc1c(CN)oc2ccccc12. The lowest BCUT2D eigenvalue weighted by Crippen LogP contribution is -2.18. The maximum absolute atomic E-state index is 5.81. The van der Waals surface area contributed by atoms with Crippen molar-refractivity contribution in [2.45, 2.75) is 19.6 Å². The monoisotopic (exact) mass is 270 g/mol. The normalized spacial score (nSPS) is 11.6. The van der Waals surface area contributed by atoms with Crippen LogP contribution in [0.15, 0.2) is 51.5 Å². The van der Waals surface area contributed by atoms with Gasteiger partial charge < -0.3 is 14.6 Å². The second-order valence-electron chi connectivity index (χ2n) is 4.96. The fraction of sp³-hybridized carbons (Fsp3) is 0.250. The summed E-state index contributed by atoms with van der Waals surface area (Å²) in [6.45, 7) is 1.96. The van der Waals surface area contributed by atoms with Gasteiger partial charge in [-0.15, -0.1) is 0 Å². The Labute approximate surface area is 117 Å². The van der Waals surface area contributed by atoms with Crippen LogP contribution in [0, 0.1) is 0 Å². The fourth-order valence-corrected chi connectivity index (χ4v) is 2.48. The molecule has 4 nitrogen and oxygen atoms in total. The summed E-state index contributed by atoms with van der Waals surface area (Å²) in [4.78, 5) is 2.19. The largest absolute Gasteiger partial charge is 0.468 e. The van der Waals surface area contributed by atoms with Gasteiger partial charge in [-0.2, -0.15) is 0 Å². The maximum Gasteiger partial charge on any atom is 0.134 e. The van der Waals surface area contributed by atoms with E-state index in [0.29, 0.717) is 6.54 Å². The minimum Gasteiger partial charge on any atom is -0.468 e. The average Bonchev–Trinajstić information content (AvgIpc) is 3.07. The van der Waals surface area contributed by atoms with Crippen LogP contribution in [0.25, 0.3) is 11.0 Å². The fourth-order valence-electron chi connectivity index (χ4n) is 2.48. The Bertz CT molecular complexity index is 686. The molecule has 3 aromatic rings. The van der Waals surface area contributed by atoms with Crippen LogP contribution < -0.4 is 5.73 Å². The zero-order valence-electron chi connectivity index (χ0n) is 11.5. The van der Waals surface area contributed by atoms with E-state index in [1.54, 1.807) is 6.26 Å². The van der Waals surface area contributed by atoms with Gasteiger partial charge in [0.1, 0.15) is 17.1 Å². The highest BCUT2D eigenvalue weighted by Gasteiger charge is 2.14. The summed E-state index contributed by atoms with van der Waals surface area (Å²) in [6.07, 6.45) is 1.70. The van der Waals surface area contributed by atoms with E-state index >= 15 is 0 Å². The molecule has 0 saturated carbocycles. The standard InChI is InChI=1S/C16H18N2O2/c1-18(10-12-5-4-8-19-12)11-14-13-6-2-3-7-15(13)20-16(14)9-17/h2-8H,9-11,17H2,1H3. The molecule has 2 aromatic heterocycles. The van der Waals surface area contributed by atoms with E-state index in [1.165, 1.54) is 0 Å². The Morgan fingerprint density at radius 3 is 2.70 bits per heavy atom. The number of nitrogens with zero attached hydrogens (tertiary/aromatic N) is 1. The summed E-state index contributed by atoms with van der Waals surface area (Å²) in [6, 6.07) is 11.9. The van der Waals surface area contributed by atoms with Crippen LogP contribution in [-0.4, -0.2) is 11.9 Å². The Balaban J connectivity index is 1.85. The van der Waals surface area contributed by atoms with E-state index in [4.69, 9.17) is 14.6 Å². The van der Waals surface area contributed by atoms with Gasteiger partial charge in [-0.3, -0.25) is 4.90 Å². The topological polar surface area (TPSA) is 55.5 Å². The number of nitrogens with two attached hydrogens (primary N) is 1. The van der Waals surface area contributed by atoms with Gasteiger partial charge >= 0.3 is 0 Å². The third-order valence-corrected chi connectivity index (χ3v) is 3.40. The highest BCUT2D eigenvalue weighted by Crippen LogP contribution is 2.27. The predicted molar refractivity (Wildman–Crippen MR) is 78.0 cm³/mol. The number of benzene rings is 1. The Morgan fingerprint density at radius 2 is 1.95 bits per heavy atom. The van der Waals surface area contributed by atoms with Gasteiger partial charge in [0, 0.05) is 17.5 Å². The van der Waals surface area contributed by atoms with Crippen LogP contribution in [-0.2, 0) is 19.6 Å². The zero-order valence-corrected chi connectivity index (χ0v) is 11.5. The first-order valence-electron chi connectivity index (χ1n) is 6.68. The second-order valence-corrected chi connectivity index (χ2v) is 4.96. The number of hydrogen-bond acceptors (Lipinski definition) is 4. The second kappa shape index (κ2) is 5.53. The predicted octanol–water partition coefficient (Wildman–Crippen LogP) is 3.12. The average molecular weight is 270 g/mol. The van der Waals surface area contributed by atoms with Crippen LogP contribution in [0.2, 0.25) is 0 Å². The first-order valence-corrected chi connectivity index (χ1v) is 6.68. The van der Waals surface area contributed by atoms with Gasteiger partial charge in [0.2, 0.25) is 0 Å². The lowest BCUT2D eigenvalue weighted by atomic mass is 10.1.